The predicted molar refractivity (Wildman–Crippen MR) is 39.0 cm³/mol. The molecule has 0 saturated heterocycles. The van der Waals surface area contributed by atoms with Gasteiger partial charge in [-0.05, 0) is 0 Å². The van der Waals surface area contributed by atoms with Crippen LogP contribution < -0.4 is 5.73 Å². The first-order chi connectivity index (χ1) is 5.54. The first-order valence-electron chi connectivity index (χ1n) is 2.95. The molecule has 6 nitrogen and oxygen atoms in total. The van der Waals surface area contributed by atoms with E-state index < -0.39 is 12.0 Å². The fourth-order valence-corrected chi connectivity index (χ4v) is 0.956. The molecule has 1 aromatic rings. The predicted octanol–water partition coefficient (Wildman–Crippen LogP) is -0.142. The van der Waals surface area contributed by atoms with Crippen LogP contribution >= 0.6 is 11.6 Å². The number of nitrogens with two attached hydrogens (primary N) is 1. The zero-order valence-electron chi connectivity index (χ0n) is 5.81. The van der Waals surface area contributed by atoms with Crippen molar-refractivity contribution in [3.63, 3.8) is 0 Å². The lowest BCUT2D eigenvalue weighted by Gasteiger charge is -2.04. The van der Waals surface area contributed by atoms with E-state index in [9.17, 15) is 4.79 Å². The van der Waals surface area contributed by atoms with Crippen LogP contribution in [-0.4, -0.2) is 26.2 Å². The molecule has 1 aromatic heterocycles. The SMILES string of the molecule is NC(C(=O)O)c1c(Cl)cnn1O. The van der Waals surface area contributed by atoms with Crippen molar-refractivity contribution in [3.05, 3.63) is 16.9 Å². The number of halogens is 1. The molecular formula is C5H6ClN3O3. The van der Waals surface area contributed by atoms with Gasteiger partial charge in [-0.15, -0.1) is 9.94 Å². The molecule has 0 spiro atoms. The van der Waals surface area contributed by atoms with E-state index in [-0.39, 0.29) is 10.7 Å². The molecule has 1 rings (SSSR count). The molecule has 0 radical (unpaired) electrons. The van der Waals surface area contributed by atoms with Crippen molar-refractivity contribution in [3.8, 4) is 0 Å². The number of carboxylic acid groups (broad SMARTS) is 1. The summed E-state index contributed by atoms with van der Waals surface area (Å²) >= 11 is 5.50. The third kappa shape index (κ3) is 1.34. The van der Waals surface area contributed by atoms with Crippen LogP contribution in [0.5, 0.6) is 0 Å². The van der Waals surface area contributed by atoms with Gasteiger partial charge in [0.05, 0.1) is 11.2 Å². The van der Waals surface area contributed by atoms with Crippen LogP contribution in [-0.2, 0) is 4.79 Å². The smallest absolute Gasteiger partial charge is 0.326 e. The molecule has 12 heavy (non-hydrogen) atoms. The molecule has 0 aliphatic rings. The summed E-state index contributed by atoms with van der Waals surface area (Å²) in [6.07, 6.45) is 1.11. The Morgan fingerprint density at radius 2 is 2.42 bits per heavy atom. The summed E-state index contributed by atoms with van der Waals surface area (Å²) in [4.78, 5) is 10.7. The van der Waals surface area contributed by atoms with Crippen LogP contribution in [0.1, 0.15) is 11.7 Å². The van der Waals surface area contributed by atoms with Crippen LogP contribution in [0, 0.1) is 0 Å². The highest BCUT2D eigenvalue weighted by atomic mass is 35.5. The molecule has 0 amide bonds. The highest BCUT2D eigenvalue weighted by Gasteiger charge is 2.22. The molecule has 1 unspecified atom stereocenters. The summed E-state index contributed by atoms with van der Waals surface area (Å²) in [7, 11) is 0. The second-order valence-electron chi connectivity index (χ2n) is 2.08. The van der Waals surface area contributed by atoms with Gasteiger partial charge in [-0.1, -0.05) is 11.6 Å². The maximum Gasteiger partial charge on any atom is 0.326 e. The molecule has 1 atom stereocenters. The van der Waals surface area contributed by atoms with Gasteiger partial charge >= 0.3 is 5.97 Å². The maximum atomic E-state index is 10.4. The summed E-state index contributed by atoms with van der Waals surface area (Å²) in [5.74, 6) is -1.28. The number of aliphatic carboxylic acids is 1. The number of nitrogens with zero attached hydrogens (tertiary/aromatic N) is 2. The number of hydrogen-bond acceptors (Lipinski definition) is 4. The Kier molecular flexibility index (Phi) is 2.20. The topological polar surface area (TPSA) is 101 Å². The average molecular weight is 192 g/mol. The number of hydrogen-bond donors (Lipinski definition) is 3. The van der Waals surface area contributed by atoms with E-state index in [4.69, 9.17) is 27.6 Å². The van der Waals surface area contributed by atoms with Gasteiger partial charge in [-0.25, -0.2) is 0 Å². The molecular weight excluding hydrogens is 186 g/mol. The van der Waals surface area contributed by atoms with Gasteiger partial charge in [0.1, 0.15) is 5.69 Å². The molecule has 0 aromatic carbocycles. The van der Waals surface area contributed by atoms with E-state index in [1.807, 2.05) is 0 Å². The van der Waals surface area contributed by atoms with Crippen LogP contribution in [0.2, 0.25) is 5.02 Å². The second kappa shape index (κ2) is 3.00. The van der Waals surface area contributed by atoms with E-state index >= 15 is 0 Å². The molecule has 0 saturated carbocycles. The van der Waals surface area contributed by atoms with Crippen molar-refractivity contribution in [2.24, 2.45) is 5.73 Å². The Labute approximate surface area is 72.1 Å². The van der Waals surface area contributed by atoms with Crippen LogP contribution in [0.4, 0.5) is 0 Å². The Bertz CT molecular complexity index is 291. The largest absolute Gasteiger partial charge is 0.480 e. The lowest BCUT2D eigenvalue weighted by atomic mass is 10.2. The van der Waals surface area contributed by atoms with E-state index in [0.717, 1.165) is 6.20 Å². The third-order valence-corrected chi connectivity index (χ3v) is 1.59. The lowest BCUT2D eigenvalue weighted by molar-refractivity contribution is -0.139. The standard InChI is InChI=1S/C5H6ClN3O3/c6-2-1-8-9(12)4(2)3(7)5(10)11/h1,3,12H,7H2,(H,10,11). The minimum atomic E-state index is -1.37. The minimum Gasteiger partial charge on any atom is -0.480 e. The number of rotatable bonds is 2. The minimum absolute atomic E-state index is 0.0207. The Morgan fingerprint density at radius 1 is 1.83 bits per heavy atom. The Balaban J connectivity index is 3.08. The summed E-state index contributed by atoms with van der Waals surface area (Å²) in [6, 6.07) is -1.37. The molecule has 0 aliphatic carbocycles. The van der Waals surface area contributed by atoms with Crippen LogP contribution in [0.25, 0.3) is 0 Å². The number of carbonyl (C=O) groups is 1. The van der Waals surface area contributed by atoms with Gasteiger partial charge in [0, 0.05) is 0 Å². The number of aromatic nitrogens is 2. The molecule has 7 heteroatoms. The second-order valence-corrected chi connectivity index (χ2v) is 2.49. The molecule has 0 fully saturated rings. The first kappa shape index (κ1) is 8.82. The van der Waals surface area contributed by atoms with Gasteiger partial charge in [-0.3, -0.25) is 4.79 Å². The quantitative estimate of drug-likeness (QED) is 0.565. The van der Waals surface area contributed by atoms with Gasteiger partial charge in [0.2, 0.25) is 0 Å². The summed E-state index contributed by atoms with van der Waals surface area (Å²) in [5.41, 5.74) is 5.04. The van der Waals surface area contributed by atoms with Gasteiger partial charge in [0.25, 0.3) is 0 Å². The summed E-state index contributed by atoms with van der Waals surface area (Å²) < 4.78 is 0. The Hall–Kier alpha value is -1.27. The third-order valence-electron chi connectivity index (χ3n) is 1.30. The zero-order valence-corrected chi connectivity index (χ0v) is 6.56. The van der Waals surface area contributed by atoms with Crippen molar-refractivity contribution in [1.29, 1.82) is 0 Å². The summed E-state index contributed by atoms with van der Waals surface area (Å²) in [6.45, 7) is 0. The average Bonchev–Trinajstić information content (AvgIpc) is 2.30. The van der Waals surface area contributed by atoms with E-state index in [1.165, 1.54) is 0 Å². The van der Waals surface area contributed by atoms with Gasteiger partial charge in [-0.2, -0.15) is 0 Å². The van der Waals surface area contributed by atoms with Gasteiger partial charge in [0.15, 0.2) is 6.04 Å². The lowest BCUT2D eigenvalue weighted by Crippen LogP contribution is -2.23. The fraction of sp³-hybridized carbons (Fsp3) is 0.200. The fourth-order valence-electron chi connectivity index (χ4n) is 0.719. The van der Waals surface area contributed by atoms with Crippen LogP contribution in [0.3, 0.4) is 0 Å². The maximum absolute atomic E-state index is 10.4. The molecule has 0 bridgehead atoms. The molecule has 0 aliphatic heterocycles. The first-order valence-corrected chi connectivity index (χ1v) is 3.33. The highest BCUT2D eigenvalue weighted by Crippen LogP contribution is 2.19. The Morgan fingerprint density at radius 3 is 2.75 bits per heavy atom. The van der Waals surface area contributed by atoms with E-state index in [0.29, 0.717) is 4.85 Å². The van der Waals surface area contributed by atoms with Crippen molar-refractivity contribution in [2.75, 3.05) is 0 Å². The molecule has 66 valence electrons. The highest BCUT2D eigenvalue weighted by molar-refractivity contribution is 6.31. The van der Waals surface area contributed by atoms with Crippen molar-refractivity contribution in [1.82, 2.24) is 9.94 Å². The normalized spacial score (nSPS) is 12.8. The van der Waals surface area contributed by atoms with Crippen molar-refractivity contribution >= 4 is 17.6 Å². The molecule has 4 N–H and O–H groups in total. The monoisotopic (exact) mass is 191 g/mol. The van der Waals surface area contributed by atoms with Gasteiger partial charge < -0.3 is 16.0 Å². The number of carboxylic acids is 1. The van der Waals surface area contributed by atoms with Crippen molar-refractivity contribution < 1.29 is 15.1 Å². The van der Waals surface area contributed by atoms with E-state index in [1.54, 1.807) is 0 Å². The summed E-state index contributed by atoms with van der Waals surface area (Å²) in [5, 5.41) is 20.7. The van der Waals surface area contributed by atoms with Crippen LogP contribution in [0.15, 0.2) is 6.20 Å². The van der Waals surface area contributed by atoms with Crippen molar-refractivity contribution in [2.45, 2.75) is 6.04 Å². The molecule has 1 heterocycles. The zero-order chi connectivity index (χ0) is 9.30. The van der Waals surface area contributed by atoms with E-state index in [2.05, 4.69) is 5.10 Å².